The largest absolute Gasteiger partial charge is 0.476 e. The number of aromatic nitrogens is 1. The van der Waals surface area contributed by atoms with Crippen LogP contribution in [0.1, 0.15) is 16.1 Å². The summed E-state index contributed by atoms with van der Waals surface area (Å²) in [6, 6.07) is 4.23. The van der Waals surface area contributed by atoms with Crippen LogP contribution in [0.3, 0.4) is 0 Å². The van der Waals surface area contributed by atoms with Crippen molar-refractivity contribution in [1.82, 2.24) is 4.98 Å². The van der Waals surface area contributed by atoms with E-state index in [-0.39, 0.29) is 17.5 Å². The van der Waals surface area contributed by atoms with Crippen LogP contribution >= 0.6 is 0 Å². The van der Waals surface area contributed by atoms with Crippen LogP contribution in [0.4, 0.5) is 4.39 Å². The monoisotopic (exact) mass is 237 g/mol. The summed E-state index contributed by atoms with van der Waals surface area (Å²) in [6.07, 6.45) is 0.702. The molecule has 5 nitrogen and oxygen atoms in total. The molecule has 0 spiro atoms. The van der Waals surface area contributed by atoms with Crippen LogP contribution in [0.25, 0.3) is 0 Å². The van der Waals surface area contributed by atoms with Crippen molar-refractivity contribution in [3.8, 4) is 11.8 Å². The molecule has 0 amide bonds. The fourth-order valence-corrected chi connectivity index (χ4v) is 1.14. The van der Waals surface area contributed by atoms with E-state index >= 15 is 0 Å². The molecule has 1 heterocycles. The second-order valence-electron chi connectivity index (χ2n) is 3.32. The number of benzene rings is 1. The van der Waals surface area contributed by atoms with Gasteiger partial charge in [0.1, 0.15) is 17.8 Å². The first-order chi connectivity index (χ1) is 8.06. The van der Waals surface area contributed by atoms with Gasteiger partial charge in [-0.25, -0.2) is 9.18 Å². The molecule has 0 aliphatic carbocycles. The van der Waals surface area contributed by atoms with Crippen LogP contribution in [0.5, 0.6) is 11.8 Å². The number of aryl methyl sites for hydroxylation is 1. The smallest absolute Gasteiger partial charge is 0.399 e. The van der Waals surface area contributed by atoms with Crippen LogP contribution in [0, 0.1) is 12.7 Å². The number of oxazole rings is 1. The zero-order valence-electron chi connectivity index (χ0n) is 8.81. The molecule has 1 aromatic carbocycles. The molecule has 2 rings (SSSR count). The van der Waals surface area contributed by atoms with E-state index in [0.29, 0.717) is 5.56 Å². The second kappa shape index (κ2) is 4.25. The third-order valence-electron chi connectivity index (χ3n) is 2.05. The Kier molecular flexibility index (Phi) is 2.78. The lowest BCUT2D eigenvalue weighted by atomic mass is 10.2. The van der Waals surface area contributed by atoms with Gasteiger partial charge < -0.3 is 14.3 Å². The van der Waals surface area contributed by atoms with Crippen molar-refractivity contribution in [2.75, 3.05) is 0 Å². The number of halogens is 1. The lowest BCUT2D eigenvalue weighted by molar-refractivity contribution is 0.0690. The van der Waals surface area contributed by atoms with E-state index < -0.39 is 11.8 Å². The SMILES string of the molecule is Cc1ccc(Oc2nc(C(=O)O)co2)cc1F. The highest BCUT2D eigenvalue weighted by Gasteiger charge is 2.12. The van der Waals surface area contributed by atoms with E-state index in [9.17, 15) is 9.18 Å². The molecule has 1 aromatic heterocycles. The summed E-state index contributed by atoms with van der Waals surface area (Å²) < 4.78 is 23.0. The molecule has 1 N–H and O–H groups in total. The average Bonchev–Trinajstić information content (AvgIpc) is 2.72. The predicted molar refractivity (Wildman–Crippen MR) is 54.7 cm³/mol. The van der Waals surface area contributed by atoms with Crippen molar-refractivity contribution >= 4 is 5.97 Å². The zero-order chi connectivity index (χ0) is 12.4. The topological polar surface area (TPSA) is 72.6 Å². The molecule has 0 atom stereocenters. The minimum Gasteiger partial charge on any atom is -0.476 e. The second-order valence-corrected chi connectivity index (χ2v) is 3.32. The molecule has 6 heteroatoms. The van der Waals surface area contributed by atoms with E-state index in [1.807, 2.05) is 0 Å². The Hall–Kier alpha value is -2.37. The molecule has 0 radical (unpaired) electrons. The fourth-order valence-electron chi connectivity index (χ4n) is 1.14. The number of aromatic carboxylic acids is 1. The molecular weight excluding hydrogens is 229 g/mol. The summed E-state index contributed by atoms with van der Waals surface area (Å²) in [7, 11) is 0. The first-order valence-electron chi connectivity index (χ1n) is 4.69. The Balaban J connectivity index is 2.19. The highest BCUT2D eigenvalue weighted by molar-refractivity contribution is 5.84. The van der Waals surface area contributed by atoms with Gasteiger partial charge in [0.25, 0.3) is 0 Å². The van der Waals surface area contributed by atoms with Gasteiger partial charge in [0.15, 0.2) is 5.69 Å². The van der Waals surface area contributed by atoms with Gasteiger partial charge in [-0.1, -0.05) is 6.07 Å². The molecule has 88 valence electrons. The van der Waals surface area contributed by atoms with Gasteiger partial charge in [-0.05, 0) is 18.6 Å². The number of carbonyl (C=O) groups is 1. The Morgan fingerprint density at radius 2 is 2.29 bits per heavy atom. The van der Waals surface area contributed by atoms with Crippen molar-refractivity contribution < 1.29 is 23.4 Å². The summed E-state index contributed by atoms with van der Waals surface area (Å²) in [5, 5.41) is 8.61. The maximum absolute atomic E-state index is 13.2. The normalized spacial score (nSPS) is 10.2. The van der Waals surface area contributed by atoms with Gasteiger partial charge in [-0.2, -0.15) is 4.98 Å². The van der Waals surface area contributed by atoms with Crippen LogP contribution in [-0.4, -0.2) is 16.1 Å². The van der Waals surface area contributed by atoms with Crippen LogP contribution in [-0.2, 0) is 0 Å². The highest BCUT2D eigenvalue weighted by Crippen LogP contribution is 2.22. The first-order valence-corrected chi connectivity index (χ1v) is 4.69. The predicted octanol–water partition coefficient (Wildman–Crippen LogP) is 2.61. The summed E-state index contributed by atoms with van der Waals surface area (Å²) in [4.78, 5) is 14.1. The molecule has 0 saturated carbocycles. The van der Waals surface area contributed by atoms with Crippen molar-refractivity contribution in [1.29, 1.82) is 0 Å². The lowest BCUT2D eigenvalue weighted by Gasteiger charge is -2.01. The Morgan fingerprint density at radius 1 is 1.53 bits per heavy atom. The third-order valence-corrected chi connectivity index (χ3v) is 2.05. The van der Waals surface area contributed by atoms with E-state index in [1.54, 1.807) is 6.92 Å². The van der Waals surface area contributed by atoms with E-state index in [0.717, 1.165) is 6.26 Å². The van der Waals surface area contributed by atoms with Gasteiger partial charge in [-0.15, -0.1) is 0 Å². The molecule has 0 aliphatic rings. The van der Waals surface area contributed by atoms with Gasteiger partial charge in [0.2, 0.25) is 0 Å². The number of hydrogen-bond donors (Lipinski definition) is 1. The Labute approximate surface area is 95.5 Å². The standard InChI is InChI=1S/C11H8FNO4/c1-6-2-3-7(4-8(6)12)17-11-13-9(5-16-11)10(14)15/h2-5H,1H3,(H,14,15). The summed E-state index contributed by atoms with van der Waals surface area (Å²) in [5.74, 6) is -1.46. The van der Waals surface area contributed by atoms with Crippen molar-refractivity contribution in [2.24, 2.45) is 0 Å². The minimum atomic E-state index is -1.22. The van der Waals surface area contributed by atoms with Crippen LogP contribution in [0.2, 0.25) is 0 Å². The van der Waals surface area contributed by atoms with E-state index in [1.165, 1.54) is 18.2 Å². The third kappa shape index (κ3) is 2.41. The van der Waals surface area contributed by atoms with Crippen molar-refractivity contribution in [3.63, 3.8) is 0 Å². The van der Waals surface area contributed by atoms with Gasteiger partial charge in [-0.3, -0.25) is 0 Å². The molecular formula is C11H8FNO4. The van der Waals surface area contributed by atoms with Gasteiger partial charge in [0.05, 0.1) is 0 Å². The number of nitrogens with zero attached hydrogens (tertiary/aromatic N) is 1. The Bertz CT molecular complexity index is 564. The van der Waals surface area contributed by atoms with Crippen LogP contribution < -0.4 is 4.74 Å². The summed E-state index contributed by atoms with van der Waals surface area (Å²) in [5.41, 5.74) is 0.212. The minimum absolute atomic E-state index is 0.187. The molecule has 0 bridgehead atoms. The highest BCUT2D eigenvalue weighted by atomic mass is 19.1. The van der Waals surface area contributed by atoms with Gasteiger partial charge >= 0.3 is 12.0 Å². The summed E-state index contributed by atoms with van der Waals surface area (Å²) in [6.45, 7) is 1.62. The van der Waals surface area contributed by atoms with Crippen molar-refractivity contribution in [2.45, 2.75) is 6.92 Å². The maximum atomic E-state index is 13.2. The zero-order valence-corrected chi connectivity index (χ0v) is 8.81. The molecule has 0 fully saturated rings. The average molecular weight is 237 g/mol. The molecule has 2 aromatic rings. The Morgan fingerprint density at radius 3 is 2.88 bits per heavy atom. The first kappa shape index (κ1) is 11.1. The quantitative estimate of drug-likeness (QED) is 0.888. The molecule has 0 unspecified atom stereocenters. The van der Waals surface area contributed by atoms with E-state index in [4.69, 9.17) is 14.3 Å². The van der Waals surface area contributed by atoms with E-state index in [2.05, 4.69) is 4.98 Å². The lowest BCUT2D eigenvalue weighted by Crippen LogP contribution is -1.96. The maximum Gasteiger partial charge on any atom is 0.399 e. The number of hydrogen-bond acceptors (Lipinski definition) is 4. The molecule has 0 aliphatic heterocycles. The number of carboxylic acids is 1. The number of carboxylic acid groups (broad SMARTS) is 1. The van der Waals surface area contributed by atoms with Gasteiger partial charge in [0, 0.05) is 6.07 Å². The fraction of sp³-hybridized carbons (Fsp3) is 0.0909. The number of ether oxygens (including phenoxy) is 1. The van der Waals surface area contributed by atoms with Crippen LogP contribution in [0.15, 0.2) is 28.9 Å². The molecule has 0 saturated heterocycles. The molecule has 17 heavy (non-hydrogen) atoms. The number of rotatable bonds is 3. The van der Waals surface area contributed by atoms with Crippen molar-refractivity contribution in [3.05, 3.63) is 41.5 Å². The summed E-state index contributed by atoms with van der Waals surface area (Å²) >= 11 is 0.